The lowest BCUT2D eigenvalue weighted by atomic mass is 9.73. The standard InChI is InChI=1S/C18H16ClFN2O2S/c1-12-3-4-13(9-15(12)19)18(7-2-8-22-11-18)14-5-6-17(16(20)10-14)25(21,23)24/h2-10H,11H2,1H3,(H2,21,23,24). The summed E-state index contributed by atoms with van der Waals surface area (Å²) in [5.41, 5.74) is 1.62. The van der Waals surface area contributed by atoms with Crippen molar-refractivity contribution in [2.24, 2.45) is 10.1 Å². The zero-order valence-corrected chi connectivity index (χ0v) is 15.0. The van der Waals surface area contributed by atoms with Crippen LogP contribution in [-0.2, 0) is 15.4 Å². The highest BCUT2D eigenvalue weighted by molar-refractivity contribution is 7.89. The fraction of sp³-hybridized carbons (Fsp3) is 0.167. The predicted molar refractivity (Wildman–Crippen MR) is 97.2 cm³/mol. The van der Waals surface area contributed by atoms with Gasteiger partial charge in [0.25, 0.3) is 0 Å². The van der Waals surface area contributed by atoms with Gasteiger partial charge in [-0.2, -0.15) is 0 Å². The molecule has 0 aliphatic carbocycles. The molecule has 25 heavy (non-hydrogen) atoms. The van der Waals surface area contributed by atoms with E-state index in [2.05, 4.69) is 4.99 Å². The first-order valence-electron chi connectivity index (χ1n) is 7.51. The lowest BCUT2D eigenvalue weighted by Gasteiger charge is -2.32. The number of hydrogen-bond donors (Lipinski definition) is 1. The molecule has 0 fully saturated rings. The molecule has 2 aromatic carbocycles. The minimum atomic E-state index is -4.12. The molecule has 0 bridgehead atoms. The van der Waals surface area contributed by atoms with Crippen LogP contribution in [0.4, 0.5) is 4.39 Å². The molecule has 1 aliphatic rings. The molecule has 4 nitrogen and oxygen atoms in total. The summed E-state index contributed by atoms with van der Waals surface area (Å²) in [4.78, 5) is 3.79. The molecule has 130 valence electrons. The fourth-order valence-electron chi connectivity index (χ4n) is 2.94. The number of nitrogens with zero attached hydrogens (tertiary/aromatic N) is 1. The van der Waals surface area contributed by atoms with Crippen molar-refractivity contribution >= 4 is 27.8 Å². The van der Waals surface area contributed by atoms with Gasteiger partial charge in [0, 0.05) is 11.2 Å². The van der Waals surface area contributed by atoms with Crippen molar-refractivity contribution in [1.29, 1.82) is 0 Å². The second kappa shape index (κ2) is 6.37. The van der Waals surface area contributed by atoms with Crippen molar-refractivity contribution in [2.75, 3.05) is 6.54 Å². The van der Waals surface area contributed by atoms with E-state index in [-0.39, 0.29) is 0 Å². The van der Waals surface area contributed by atoms with Gasteiger partial charge in [-0.1, -0.05) is 35.9 Å². The van der Waals surface area contributed by atoms with E-state index in [9.17, 15) is 12.8 Å². The van der Waals surface area contributed by atoms with Crippen LogP contribution in [0.3, 0.4) is 0 Å². The number of primary sulfonamides is 1. The molecule has 0 spiro atoms. The molecular formula is C18H16ClFN2O2S. The number of nitrogens with two attached hydrogens (primary N) is 1. The summed E-state index contributed by atoms with van der Waals surface area (Å²) < 4.78 is 37.3. The van der Waals surface area contributed by atoms with Gasteiger partial charge in [0.05, 0.1) is 12.0 Å². The van der Waals surface area contributed by atoms with Gasteiger partial charge >= 0.3 is 0 Å². The largest absolute Gasteiger partial charge is 0.292 e. The maximum atomic E-state index is 14.4. The Hall–Kier alpha value is -2.02. The fourth-order valence-corrected chi connectivity index (χ4v) is 3.71. The minimum absolute atomic E-state index is 0.358. The van der Waals surface area contributed by atoms with Crippen LogP contribution in [0.25, 0.3) is 0 Å². The Morgan fingerprint density at radius 3 is 2.44 bits per heavy atom. The maximum absolute atomic E-state index is 14.4. The van der Waals surface area contributed by atoms with E-state index in [0.29, 0.717) is 17.1 Å². The van der Waals surface area contributed by atoms with Crippen LogP contribution < -0.4 is 5.14 Å². The Labute approximate surface area is 150 Å². The predicted octanol–water partition coefficient (Wildman–Crippen LogP) is 3.36. The van der Waals surface area contributed by atoms with E-state index >= 15 is 0 Å². The van der Waals surface area contributed by atoms with Crippen LogP contribution in [0.1, 0.15) is 16.7 Å². The molecule has 3 rings (SSSR count). The molecule has 0 amide bonds. The van der Waals surface area contributed by atoms with Gasteiger partial charge in [-0.25, -0.2) is 17.9 Å². The monoisotopic (exact) mass is 378 g/mol. The van der Waals surface area contributed by atoms with Crippen molar-refractivity contribution in [3.05, 3.63) is 76.1 Å². The van der Waals surface area contributed by atoms with Crippen molar-refractivity contribution < 1.29 is 12.8 Å². The third-order valence-corrected chi connectivity index (χ3v) is 5.70. The molecule has 0 saturated carbocycles. The number of hydrogen-bond acceptors (Lipinski definition) is 3. The smallest absolute Gasteiger partial charge is 0.240 e. The Kier molecular flexibility index (Phi) is 4.53. The van der Waals surface area contributed by atoms with Crippen LogP contribution in [0.5, 0.6) is 0 Å². The van der Waals surface area contributed by atoms with Gasteiger partial charge in [-0.3, -0.25) is 4.99 Å². The summed E-state index contributed by atoms with van der Waals surface area (Å²) in [7, 11) is -4.12. The second-order valence-corrected chi connectivity index (χ2v) is 7.91. The first kappa shape index (κ1) is 17.8. The zero-order valence-electron chi connectivity index (χ0n) is 13.4. The molecule has 0 radical (unpaired) electrons. The summed E-state index contributed by atoms with van der Waals surface area (Å²) >= 11 is 6.27. The molecule has 0 saturated heterocycles. The molecule has 7 heteroatoms. The van der Waals surface area contributed by atoms with E-state index in [4.69, 9.17) is 16.7 Å². The molecule has 1 heterocycles. The highest BCUT2D eigenvalue weighted by Crippen LogP contribution is 2.38. The Bertz CT molecular complexity index is 1000. The SMILES string of the molecule is Cc1ccc(C2(c3ccc(S(N)(=O)=O)c(F)c3)C=CC=NC2)cc1Cl. The lowest BCUT2D eigenvalue weighted by molar-refractivity contribution is 0.561. The number of rotatable bonds is 3. The molecule has 1 atom stereocenters. The minimum Gasteiger partial charge on any atom is -0.292 e. The first-order chi connectivity index (χ1) is 11.7. The summed E-state index contributed by atoms with van der Waals surface area (Å²) in [6.07, 6.45) is 5.36. The summed E-state index contributed by atoms with van der Waals surface area (Å²) in [6, 6.07) is 9.57. The molecule has 1 aliphatic heterocycles. The molecule has 0 aromatic heterocycles. The van der Waals surface area contributed by atoms with E-state index in [1.165, 1.54) is 12.1 Å². The van der Waals surface area contributed by atoms with Crippen LogP contribution in [0, 0.1) is 12.7 Å². The number of benzene rings is 2. The first-order valence-corrected chi connectivity index (χ1v) is 9.43. The van der Waals surface area contributed by atoms with Gasteiger partial charge in [0.15, 0.2) is 0 Å². The van der Waals surface area contributed by atoms with Gasteiger partial charge in [-0.15, -0.1) is 0 Å². The Morgan fingerprint density at radius 2 is 1.88 bits per heavy atom. The second-order valence-electron chi connectivity index (χ2n) is 5.97. The van der Waals surface area contributed by atoms with Crippen LogP contribution in [-0.4, -0.2) is 21.2 Å². The normalized spacial score (nSPS) is 20.0. The van der Waals surface area contributed by atoms with Gasteiger partial charge in [-0.05, 0) is 47.9 Å². The van der Waals surface area contributed by atoms with E-state index in [1.54, 1.807) is 18.4 Å². The van der Waals surface area contributed by atoms with Gasteiger partial charge < -0.3 is 0 Å². The van der Waals surface area contributed by atoms with Crippen molar-refractivity contribution in [3.63, 3.8) is 0 Å². The van der Waals surface area contributed by atoms with Crippen LogP contribution >= 0.6 is 11.6 Å². The summed E-state index contributed by atoms with van der Waals surface area (Å²) in [5.74, 6) is -0.888. The molecule has 2 N–H and O–H groups in total. The molecule has 2 aromatic rings. The lowest BCUT2D eigenvalue weighted by Crippen LogP contribution is -2.31. The highest BCUT2D eigenvalue weighted by Gasteiger charge is 2.34. The van der Waals surface area contributed by atoms with Crippen molar-refractivity contribution in [1.82, 2.24) is 0 Å². The van der Waals surface area contributed by atoms with Crippen molar-refractivity contribution in [2.45, 2.75) is 17.2 Å². The quantitative estimate of drug-likeness (QED) is 0.889. The van der Waals surface area contributed by atoms with Crippen LogP contribution in [0.15, 0.2) is 58.4 Å². The average molecular weight is 379 g/mol. The molecule has 1 unspecified atom stereocenters. The number of halogens is 2. The average Bonchev–Trinajstić information content (AvgIpc) is 2.56. The summed E-state index contributed by atoms with van der Waals surface area (Å²) in [6.45, 7) is 2.26. The Balaban J connectivity index is 2.20. The third-order valence-electron chi connectivity index (χ3n) is 4.35. The van der Waals surface area contributed by atoms with E-state index in [1.807, 2.05) is 31.2 Å². The topological polar surface area (TPSA) is 72.5 Å². The van der Waals surface area contributed by atoms with E-state index in [0.717, 1.165) is 11.1 Å². The number of dihydropyridines is 1. The number of aryl methyl sites for hydroxylation is 1. The van der Waals surface area contributed by atoms with E-state index < -0.39 is 26.2 Å². The number of allylic oxidation sites excluding steroid dienone is 1. The number of aliphatic imine (C=N–C) groups is 1. The van der Waals surface area contributed by atoms with Crippen molar-refractivity contribution in [3.8, 4) is 0 Å². The Morgan fingerprint density at radius 1 is 1.20 bits per heavy atom. The molecular weight excluding hydrogens is 363 g/mol. The summed E-state index contributed by atoms with van der Waals surface area (Å²) in [5, 5.41) is 5.64. The highest BCUT2D eigenvalue weighted by atomic mass is 35.5. The zero-order chi connectivity index (χ0) is 18.2. The van der Waals surface area contributed by atoms with Crippen LogP contribution in [0.2, 0.25) is 5.02 Å². The maximum Gasteiger partial charge on any atom is 0.240 e. The number of sulfonamides is 1. The van der Waals surface area contributed by atoms with Gasteiger partial charge in [0.2, 0.25) is 10.0 Å². The van der Waals surface area contributed by atoms with Gasteiger partial charge in [0.1, 0.15) is 10.7 Å². The third kappa shape index (κ3) is 3.25.